The minimum atomic E-state index is -3.90. The number of pyridine rings is 1. The zero-order chi connectivity index (χ0) is 31.9. The highest BCUT2D eigenvalue weighted by atomic mass is 32.2. The van der Waals surface area contributed by atoms with Crippen LogP contribution in [0.5, 0.6) is 5.88 Å². The fraction of sp³-hybridized carbons (Fsp3) is 0.344. The van der Waals surface area contributed by atoms with Crippen molar-refractivity contribution in [1.82, 2.24) is 34.1 Å². The summed E-state index contributed by atoms with van der Waals surface area (Å²) in [5.74, 6) is -0.271. The molecule has 0 spiro atoms. The highest BCUT2D eigenvalue weighted by Crippen LogP contribution is 2.36. The number of carbonyl (C=O) groups excluding carboxylic acids is 1. The van der Waals surface area contributed by atoms with Crippen LogP contribution in [-0.4, -0.2) is 61.0 Å². The fourth-order valence-electron chi connectivity index (χ4n) is 5.94. The van der Waals surface area contributed by atoms with Crippen LogP contribution < -0.4 is 10.5 Å². The van der Waals surface area contributed by atoms with Gasteiger partial charge in [0.05, 0.1) is 18.3 Å². The van der Waals surface area contributed by atoms with Gasteiger partial charge in [-0.25, -0.2) is 18.1 Å². The first-order valence-corrected chi connectivity index (χ1v) is 16.4. The number of nitrogens with two attached hydrogens (primary N) is 1. The molecule has 2 aromatic carbocycles. The van der Waals surface area contributed by atoms with Crippen molar-refractivity contribution in [2.24, 2.45) is 0 Å². The van der Waals surface area contributed by atoms with Crippen molar-refractivity contribution >= 4 is 32.8 Å². The van der Waals surface area contributed by atoms with Crippen molar-refractivity contribution in [3.63, 3.8) is 0 Å². The van der Waals surface area contributed by atoms with Crippen molar-refractivity contribution in [2.45, 2.75) is 70.5 Å². The summed E-state index contributed by atoms with van der Waals surface area (Å²) < 4.78 is 38.3. The summed E-state index contributed by atoms with van der Waals surface area (Å²) in [5, 5.41) is 12.9. The molecule has 2 atom stereocenters. The fourth-order valence-corrected chi connectivity index (χ4v) is 7.46. The number of carbonyl (C=O) groups is 1. The molecule has 0 saturated carbocycles. The van der Waals surface area contributed by atoms with Gasteiger partial charge >= 0.3 is 0 Å². The van der Waals surface area contributed by atoms with Crippen molar-refractivity contribution in [3.8, 4) is 5.88 Å². The van der Waals surface area contributed by atoms with Crippen LogP contribution >= 0.6 is 0 Å². The maximum Gasteiger partial charge on any atom is 0.249 e. The van der Waals surface area contributed by atoms with Crippen molar-refractivity contribution in [2.75, 3.05) is 12.3 Å². The second-order valence-corrected chi connectivity index (χ2v) is 13.2. The van der Waals surface area contributed by atoms with E-state index in [1.807, 2.05) is 62.7 Å². The van der Waals surface area contributed by atoms with Gasteiger partial charge in [0, 0.05) is 37.7 Å². The molecular weight excluding hydrogens is 592 g/mol. The maximum absolute atomic E-state index is 13.9. The van der Waals surface area contributed by atoms with Gasteiger partial charge in [-0.1, -0.05) is 36.4 Å². The van der Waals surface area contributed by atoms with E-state index in [0.29, 0.717) is 13.0 Å². The van der Waals surface area contributed by atoms with Gasteiger partial charge in [-0.3, -0.25) is 4.79 Å². The van der Waals surface area contributed by atoms with Gasteiger partial charge in [0.15, 0.2) is 0 Å². The molecule has 0 radical (unpaired) electrons. The van der Waals surface area contributed by atoms with Crippen molar-refractivity contribution < 1.29 is 17.9 Å². The lowest BCUT2D eigenvalue weighted by Gasteiger charge is -2.25. The summed E-state index contributed by atoms with van der Waals surface area (Å²) in [6.45, 7) is 8.91. The molecule has 0 fully saturated rings. The van der Waals surface area contributed by atoms with Gasteiger partial charge in [0.1, 0.15) is 22.3 Å². The van der Waals surface area contributed by atoms with Crippen molar-refractivity contribution in [3.05, 3.63) is 88.7 Å². The molecule has 0 amide bonds. The lowest BCUT2D eigenvalue weighted by molar-refractivity contribution is 0.0884. The maximum atomic E-state index is 13.9. The summed E-state index contributed by atoms with van der Waals surface area (Å²) in [6, 6.07) is 14.7. The van der Waals surface area contributed by atoms with E-state index in [-0.39, 0.29) is 48.1 Å². The first-order valence-electron chi connectivity index (χ1n) is 15.0. The average molecular weight is 629 g/mol. The number of benzene rings is 2. The highest BCUT2D eigenvalue weighted by Gasteiger charge is 2.35. The van der Waals surface area contributed by atoms with Gasteiger partial charge in [-0.2, -0.15) is 14.1 Å². The van der Waals surface area contributed by atoms with E-state index >= 15 is 0 Å². The number of nitrogens with zero attached hydrogens (tertiary/aromatic N) is 7. The molecular formula is C32H36N8O4S. The number of aromatic nitrogens is 6. The molecule has 45 heavy (non-hydrogen) atoms. The lowest BCUT2D eigenvalue weighted by atomic mass is 9.84. The van der Waals surface area contributed by atoms with Crippen LogP contribution in [0, 0.1) is 13.8 Å². The second-order valence-electron chi connectivity index (χ2n) is 11.3. The van der Waals surface area contributed by atoms with Gasteiger partial charge in [-0.15, -0.1) is 5.10 Å². The molecule has 5 aromatic rings. The van der Waals surface area contributed by atoms with Gasteiger partial charge < -0.3 is 10.5 Å². The Morgan fingerprint density at radius 2 is 1.93 bits per heavy atom. The third kappa shape index (κ3) is 5.57. The van der Waals surface area contributed by atoms with Crippen LogP contribution in [0.1, 0.15) is 65.2 Å². The zero-order valence-corrected chi connectivity index (χ0v) is 26.5. The number of fused-ring (bicyclic) bond motifs is 2. The number of rotatable bonds is 8. The Labute approximate surface area is 261 Å². The normalized spacial score (nSPS) is 17.0. The monoisotopic (exact) mass is 628 g/mol. The van der Waals surface area contributed by atoms with E-state index in [1.54, 1.807) is 12.1 Å². The van der Waals surface area contributed by atoms with E-state index in [1.165, 1.54) is 27.4 Å². The molecule has 2 N–H and O–H groups in total. The smallest absolute Gasteiger partial charge is 0.249 e. The van der Waals surface area contributed by atoms with Gasteiger partial charge in [-0.05, 0) is 73.2 Å². The minimum absolute atomic E-state index is 0.0547. The molecule has 4 heterocycles. The topological polar surface area (TPSA) is 151 Å². The average Bonchev–Trinajstić information content (AvgIpc) is 3.64. The first-order chi connectivity index (χ1) is 21.6. The molecule has 0 aliphatic carbocycles. The molecule has 3 aromatic heterocycles. The number of ether oxygens (including phenoxy) is 1. The van der Waals surface area contributed by atoms with E-state index in [9.17, 15) is 13.2 Å². The Bertz CT molecular complexity index is 2000. The van der Waals surface area contributed by atoms with E-state index < -0.39 is 15.9 Å². The number of hydrogen-bond acceptors (Lipinski definition) is 9. The Balaban J connectivity index is 1.43. The van der Waals surface area contributed by atoms with Crippen LogP contribution in [0.2, 0.25) is 0 Å². The number of sulfonamides is 1. The summed E-state index contributed by atoms with van der Waals surface area (Å²) in [5.41, 5.74) is 12.2. The Kier molecular flexibility index (Phi) is 8.14. The third-order valence-corrected chi connectivity index (χ3v) is 10.4. The van der Waals surface area contributed by atoms with Crippen LogP contribution in [0.25, 0.3) is 11.0 Å². The highest BCUT2D eigenvalue weighted by molar-refractivity contribution is 7.89. The molecule has 1 aliphatic heterocycles. The van der Waals surface area contributed by atoms with E-state index in [0.717, 1.165) is 38.9 Å². The number of hydrogen-bond donors (Lipinski definition) is 1. The van der Waals surface area contributed by atoms with Gasteiger partial charge in [0.2, 0.25) is 21.8 Å². The molecule has 0 saturated heterocycles. The predicted molar refractivity (Wildman–Crippen MR) is 169 cm³/mol. The summed E-state index contributed by atoms with van der Waals surface area (Å²) >= 11 is 0. The predicted octanol–water partition coefficient (Wildman–Crippen LogP) is 4.47. The summed E-state index contributed by atoms with van der Waals surface area (Å²) in [7, 11) is -3.90. The van der Waals surface area contributed by atoms with Crippen molar-refractivity contribution in [1.29, 1.82) is 0 Å². The molecule has 234 valence electrons. The zero-order valence-electron chi connectivity index (χ0n) is 25.7. The second kappa shape index (κ2) is 12.1. The largest absolute Gasteiger partial charge is 0.472 e. The standard InChI is InChI=1S/C32H36N8O4S/c1-5-24-19-38(45(42,43)28-8-7-14-34-32(28)44-24)18-23-16-22(10-9-20(23)3)26(17-30(41)40-29(33)13-15-35-40)25-11-12-27-31(21(25)4)36-37-39(27)6-2/h7-16,24,26H,5-6,17-19,33H2,1-4H3/t24-,26?/m1/s1. The van der Waals surface area contributed by atoms with E-state index in [4.69, 9.17) is 10.5 Å². The SMILES string of the molecule is CC[C@@H]1CN(Cc2cc(C(CC(=O)n3nccc3N)c3ccc4c(nnn4CC)c3C)ccc2C)S(=O)(=O)c2cccnc2O1. The van der Waals surface area contributed by atoms with Crippen LogP contribution in [0.3, 0.4) is 0 Å². The first kappa shape index (κ1) is 30.4. The molecule has 6 rings (SSSR count). The number of nitrogen functional groups attached to an aromatic ring is 1. The van der Waals surface area contributed by atoms with Crippen LogP contribution in [0.4, 0.5) is 5.82 Å². The molecule has 12 nitrogen and oxygen atoms in total. The summed E-state index contributed by atoms with van der Waals surface area (Å²) in [6.07, 6.45) is 3.37. The molecule has 1 aliphatic rings. The Morgan fingerprint density at radius 1 is 1.11 bits per heavy atom. The molecule has 13 heteroatoms. The number of anilines is 1. The number of aryl methyl sites for hydroxylation is 3. The third-order valence-electron chi connectivity index (χ3n) is 8.56. The van der Waals surface area contributed by atoms with Crippen LogP contribution in [-0.2, 0) is 23.1 Å². The lowest BCUT2D eigenvalue weighted by Crippen LogP contribution is -2.36. The van der Waals surface area contributed by atoms with Gasteiger partial charge in [0.25, 0.3) is 0 Å². The minimum Gasteiger partial charge on any atom is -0.472 e. The molecule has 1 unspecified atom stereocenters. The quantitative estimate of drug-likeness (QED) is 0.263. The van der Waals surface area contributed by atoms with E-state index in [2.05, 4.69) is 20.4 Å². The van der Waals surface area contributed by atoms with Crippen LogP contribution in [0.15, 0.2) is 65.8 Å². The summed E-state index contributed by atoms with van der Waals surface area (Å²) in [4.78, 5) is 17.8. The Morgan fingerprint density at radius 3 is 2.67 bits per heavy atom. The Hall–Kier alpha value is -4.62. The molecule has 0 bridgehead atoms.